The third kappa shape index (κ3) is 4.35. The van der Waals surface area contributed by atoms with Gasteiger partial charge in [-0.1, -0.05) is 41.5 Å². The molecule has 2 aromatic rings. The first-order valence-electron chi connectivity index (χ1n) is 7.51. The van der Waals surface area contributed by atoms with E-state index >= 15 is 0 Å². The lowest BCUT2D eigenvalue weighted by molar-refractivity contribution is -0.123. The Morgan fingerprint density at radius 3 is 2.32 bits per heavy atom. The quantitative estimate of drug-likeness (QED) is 0.910. The second-order valence-corrected chi connectivity index (χ2v) is 5.75. The zero-order chi connectivity index (χ0) is 16.1. The van der Waals surface area contributed by atoms with E-state index in [4.69, 9.17) is 4.74 Å². The third-order valence-corrected chi connectivity index (χ3v) is 3.66. The Kier molecular flexibility index (Phi) is 5.21. The van der Waals surface area contributed by atoms with Gasteiger partial charge in [0.2, 0.25) is 0 Å². The predicted octanol–water partition coefficient (Wildman–Crippen LogP) is 3.87. The molecule has 0 aliphatic heterocycles. The maximum atomic E-state index is 12.0. The summed E-state index contributed by atoms with van der Waals surface area (Å²) in [5, 5.41) is 2.97. The Morgan fingerprint density at radius 2 is 1.68 bits per heavy atom. The minimum absolute atomic E-state index is 0.0261. The molecular weight excluding hydrogens is 274 g/mol. The van der Waals surface area contributed by atoms with Gasteiger partial charge in [-0.25, -0.2) is 0 Å². The molecule has 1 atom stereocenters. The number of rotatable bonds is 5. The Labute approximate surface area is 132 Å². The second kappa shape index (κ2) is 7.12. The summed E-state index contributed by atoms with van der Waals surface area (Å²) in [6.45, 7) is 8.16. The van der Waals surface area contributed by atoms with Crippen molar-refractivity contribution in [3.8, 4) is 5.75 Å². The van der Waals surface area contributed by atoms with Crippen LogP contribution in [-0.4, -0.2) is 12.5 Å². The average Bonchev–Trinajstić information content (AvgIpc) is 2.46. The molecule has 0 aromatic heterocycles. The van der Waals surface area contributed by atoms with E-state index in [0.29, 0.717) is 5.75 Å². The van der Waals surface area contributed by atoms with Gasteiger partial charge in [0, 0.05) is 0 Å². The van der Waals surface area contributed by atoms with Gasteiger partial charge in [0.05, 0.1) is 6.04 Å². The summed E-state index contributed by atoms with van der Waals surface area (Å²) in [5.74, 6) is 0.591. The molecule has 2 rings (SSSR count). The zero-order valence-electron chi connectivity index (χ0n) is 13.6. The maximum Gasteiger partial charge on any atom is 0.258 e. The number of carbonyl (C=O) groups is 1. The molecule has 1 N–H and O–H groups in total. The van der Waals surface area contributed by atoms with Crippen LogP contribution in [0.2, 0.25) is 0 Å². The van der Waals surface area contributed by atoms with Gasteiger partial charge in [-0.3, -0.25) is 4.79 Å². The number of nitrogens with one attached hydrogen (secondary N) is 1. The highest BCUT2D eigenvalue weighted by Gasteiger charge is 2.12. The number of ether oxygens (including phenoxy) is 1. The van der Waals surface area contributed by atoms with Crippen molar-refractivity contribution in [1.29, 1.82) is 0 Å². The summed E-state index contributed by atoms with van der Waals surface area (Å²) in [5.41, 5.74) is 4.71. The molecular formula is C19H23NO2. The van der Waals surface area contributed by atoms with Gasteiger partial charge < -0.3 is 10.1 Å². The molecule has 22 heavy (non-hydrogen) atoms. The summed E-state index contributed by atoms with van der Waals surface area (Å²) < 4.78 is 5.50. The monoisotopic (exact) mass is 297 g/mol. The van der Waals surface area contributed by atoms with E-state index in [9.17, 15) is 4.79 Å². The number of amides is 1. The lowest BCUT2D eigenvalue weighted by atomic mass is 10.0. The normalized spacial score (nSPS) is 11.8. The van der Waals surface area contributed by atoms with Crippen LogP contribution < -0.4 is 10.1 Å². The average molecular weight is 297 g/mol. The first kappa shape index (κ1) is 16.1. The van der Waals surface area contributed by atoms with Crippen molar-refractivity contribution in [3.05, 3.63) is 64.7 Å². The van der Waals surface area contributed by atoms with Crippen LogP contribution in [0.5, 0.6) is 5.75 Å². The number of benzene rings is 2. The molecule has 1 amide bonds. The molecule has 0 aliphatic carbocycles. The Bertz CT molecular complexity index is 647. The highest BCUT2D eigenvalue weighted by Crippen LogP contribution is 2.18. The van der Waals surface area contributed by atoms with Crippen molar-refractivity contribution < 1.29 is 9.53 Å². The minimum atomic E-state index is -0.118. The van der Waals surface area contributed by atoms with Crippen LogP contribution in [0.3, 0.4) is 0 Å². The van der Waals surface area contributed by atoms with E-state index < -0.39 is 0 Å². The Hall–Kier alpha value is -2.29. The van der Waals surface area contributed by atoms with Gasteiger partial charge in [0.25, 0.3) is 5.91 Å². The Balaban J connectivity index is 1.89. The van der Waals surface area contributed by atoms with E-state index in [1.807, 2.05) is 38.1 Å². The molecule has 0 bridgehead atoms. The topological polar surface area (TPSA) is 38.3 Å². The molecule has 0 spiro atoms. The van der Waals surface area contributed by atoms with Crippen molar-refractivity contribution in [3.63, 3.8) is 0 Å². The van der Waals surface area contributed by atoms with Gasteiger partial charge in [0.1, 0.15) is 5.75 Å². The summed E-state index contributed by atoms with van der Waals surface area (Å²) in [4.78, 5) is 12.0. The first-order valence-corrected chi connectivity index (χ1v) is 7.51. The largest absolute Gasteiger partial charge is 0.484 e. The van der Waals surface area contributed by atoms with Gasteiger partial charge in [-0.15, -0.1) is 0 Å². The van der Waals surface area contributed by atoms with Crippen LogP contribution in [0, 0.1) is 20.8 Å². The molecule has 2 aromatic carbocycles. The number of hydrogen-bond acceptors (Lipinski definition) is 2. The molecule has 3 heteroatoms. The molecule has 3 nitrogen and oxygen atoms in total. The number of hydrogen-bond donors (Lipinski definition) is 1. The number of carbonyl (C=O) groups excluding carboxylic acids is 1. The van der Waals surface area contributed by atoms with Crippen molar-refractivity contribution in [2.45, 2.75) is 33.7 Å². The predicted molar refractivity (Wildman–Crippen MR) is 89.1 cm³/mol. The van der Waals surface area contributed by atoms with Crippen molar-refractivity contribution in [2.24, 2.45) is 0 Å². The smallest absolute Gasteiger partial charge is 0.258 e. The van der Waals surface area contributed by atoms with Crippen molar-refractivity contribution >= 4 is 5.91 Å². The molecule has 0 saturated heterocycles. The highest BCUT2D eigenvalue weighted by molar-refractivity contribution is 5.78. The van der Waals surface area contributed by atoms with Crippen LogP contribution in [0.1, 0.15) is 35.2 Å². The van der Waals surface area contributed by atoms with Gasteiger partial charge in [-0.2, -0.15) is 0 Å². The third-order valence-electron chi connectivity index (χ3n) is 3.66. The summed E-state index contributed by atoms with van der Waals surface area (Å²) in [6.07, 6.45) is 0. The molecule has 0 saturated carbocycles. The van der Waals surface area contributed by atoms with E-state index in [1.54, 1.807) is 0 Å². The van der Waals surface area contributed by atoms with Crippen LogP contribution in [0.25, 0.3) is 0 Å². The molecule has 116 valence electrons. The number of aryl methyl sites for hydroxylation is 3. The van der Waals surface area contributed by atoms with E-state index in [2.05, 4.69) is 37.4 Å². The van der Waals surface area contributed by atoms with Crippen molar-refractivity contribution in [1.82, 2.24) is 5.32 Å². The van der Waals surface area contributed by atoms with E-state index in [1.165, 1.54) is 16.7 Å². The molecule has 0 radical (unpaired) electrons. The fourth-order valence-corrected chi connectivity index (χ4v) is 2.46. The second-order valence-electron chi connectivity index (χ2n) is 5.75. The standard InChI is InChI=1S/C19H23NO2/c1-13-5-8-17(9-6-13)22-12-19(21)20-16(4)18-10-7-14(2)11-15(18)3/h5-11,16H,12H2,1-4H3,(H,20,21)/t16-/m0/s1. The van der Waals surface area contributed by atoms with Crippen molar-refractivity contribution in [2.75, 3.05) is 6.61 Å². The lowest BCUT2D eigenvalue weighted by Crippen LogP contribution is -2.31. The van der Waals surface area contributed by atoms with Crippen LogP contribution in [0.4, 0.5) is 0 Å². The Morgan fingerprint density at radius 1 is 1.05 bits per heavy atom. The van der Waals surface area contributed by atoms with Crippen LogP contribution >= 0.6 is 0 Å². The molecule has 0 fully saturated rings. The van der Waals surface area contributed by atoms with Gasteiger partial charge >= 0.3 is 0 Å². The summed E-state index contributed by atoms with van der Waals surface area (Å²) >= 11 is 0. The molecule has 0 aliphatic rings. The van der Waals surface area contributed by atoms with E-state index in [-0.39, 0.29) is 18.6 Å². The zero-order valence-corrected chi connectivity index (χ0v) is 13.6. The fourth-order valence-electron chi connectivity index (χ4n) is 2.46. The minimum Gasteiger partial charge on any atom is -0.484 e. The molecule has 0 unspecified atom stereocenters. The van der Waals surface area contributed by atoms with E-state index in [0.717, 1.165) is 5.56 Å². The SMILES string of the molecule is Cc1ccc(OCC(=O)N[C@@H](C)c2ccc(C)cc2C)cc1. The maximum absolute atomic E-state index is 12.0. The molecule has 0 heterocycles. The lowest BCUT2D eigenvalue weighted by Gasteiger charge is -2.17. The highest BCUT2D eigenvalue weighted by atomic mass is 16.5. The van der Waals surface area contributed by atoms with Crippen LogP contribution in [-0.2, 0) is 4.79 Å². The summed E-state index contributed by atoms with van der Waals surface area (Å²) in [7, 11) is 0. The first-order chi connectivity index (χ1) is 10.5. The van der Waals surface area contributed by atoms with Gasteiger partial charge in [-0.05, 0) is 51.0 Å². The summed E-state index contributed by atoms with van der Waals surface area (Å²) in [6, 6.07) is 13.9. The van der Waals surface area contributed by atoms with Crippen LogP contribution in [0.15, 0.2) is 42.5 Å². The fraction of sp³-hybridized carbons (Fsp3) is 0.316. The van der Waals surface area contributed by atoms with Gasteiger partial charge in [0.15, 0.2) is 6.61 Å².